The van der Waals surface area contributed by atoms with Crippen molar-refractivity contribution in [3.8, 4) is 0 Å². The first-order valence-electron chi connectivity index (χ1n) is 2.89. The average Bonchev–Trinajstić information content (AvgIpc) is 1.53. The van der Waals surface area contributed by atoms with E-state index in [1.54, 1.807) is 0 Å². The SMILES string of the molecule is CC(C)OP(=O)(O)OB(O)O. The maximum atomic E-state index is 10.6. The first kappa shape index (κ1) is 11.1. The minimum Gasteiger partial charge on any atom is -0.401 e. The lowest BCUT2D eigenvalue weighted by molar-refractivity contribution is 0.141. The lowest BCUT2D eigenvalue weighted by atomic mass is 10.3. The molecule has 1 atom stereocenters. The van der Waals surface area contributed by atoms with E-state index in [4.69, 9.17) is 14.9 Å². The summed E-state index contributed by atoms with van der Waals surface area (Å²) in [5.74, 6) is 0. The number of phosphoric ester groups is 1. The van der Waals surface area contributed by atoms with Crippen LogP contribution in [0.1, 0.15) is 13.8 Å². The van der Waals surface area contributed by atoms with Crippen molar-refractivity contribution >= 4 is 15.1 Å². The average molecular weight is 184 g/mol. The van der Waals surface area contributed by atoms with Gasteiger partial charge in [0.05, 0.1) is 6.10 Å². The van der Waals surface area contributed by atoms with Crippen LogP contribution in [0.4, 0.5) is 0 Å². The molecule has 0 spiro atoms. The zero-order valence-corrected chi connectivity index (χ0v) is 7.06. The predicted molar refractivity (Wildman–Crippen MR) is 37.3 cm³/mol. The monoisotopic (exact) mass is 184 g/mol. The fourth-order valence-electron chi connectivity index (χ4n) is 0.410. The maximum Gasteiger partial charge on any atom is 0.642 e. The van der Waals surface area contributed by atoms with E-state index < -0.39 is 21.2 Å². The number of hydrogen-bond donors (Lipinski definition) is 3. The van der Waals surface area contributed by atoms with Crippen LogP contribution in [-0.4, -0.2) is 28.4 Å². The Morgan fingerprint density at radius 1 is 1.45 bits per heavy atom. The summed E-state index contributed by atoms with van der Waals surface area (Å²) in [5, 5.41) is 16.2. The molecule has 1 unspecified atom stereocenters. The van der Waals surface area contributed by atoms with Gasteiger partial charge in [0, 0.05) is 0 Å². The molecule has 0 rings (SSSR count). The molecule has 0 saturated carbocycles. The van der Waals surface area contributed by atoms with Gasteiger partial charge in [0.2, 0.25) is 0 Å². The van der Waals surface area contributed by atoms with Gasteiger partial charge in [-0.3, -0.25) is 8.96 Å². The summed E-state index contributed by atoms with van der Waals surface area (Å²) in [5.41, 5.74) is 0. The smallest absolute Gasteiger partial charge is 0.401 e. The Hall–Kier alpha value is 0.0949. The quantitative estimate of drug-likeness (QED) is 0.402. The highest BCUT2D eigenvalue weighted by atomic mass is 31.2. The third-order valence-corrected chi connectivity index (χ3v) is 1.71. The van der Waals surface area contributed by atoms with E-state index in [9.17, 15) is 4.57 Å². The van der Waals surface area contributed by atoms with Crippen molar-refractivity contribution in [1.82, 2.24) is 0 Å². The Kier molecular flexibility index (Phi) is 4.24. The standard InChI is InChI=1S/C3H10BO6P/c1-3(2)9-11(7,8)10-4(5)6/h3,5-6H,1-2H3,(H,7,8). The van der Waals surface area contributed by atoms with E-state index in [-0.39, 0.29) is 0 Å². The third-order valence-electron chi connectivity index (χ3n) is 0.572. The van der Waals surface area contributed by atoms with Gasteiger partial charge in [-0.15, -0.1) is 0 Å². The second kappa shape index (κ2) is 4.20. The molecular weight excluding hydrogens is 174 g/mol. The molecule has 3 N–H and O–H groups in total. The summed E-state index contributed by atoms with van der Waals surface area (Å²) in [6.45, 7) is 3.02. The van der Waals surface area contributed by atoms with E-state index in [2.05, 4.69) is 8.96 Å². The molecule has 11 heavy (non-hydrogen) atoms. The summed E-state index contributed by atoms with van der Waals surface area (Å²) >= 11 is 0. The lowest BCUT2D eigenvalue weighted by Gasteiger charge is -2.13. The van der Waals surface area contributed by atoms with Gasteiger partial charge in [0.25, 0.3) is 0 Å². The molecule has 66 valence electrons. The zero-order valence-electron chi connectivity index (χ0n) is 6.17. The van der Waals surface area contributed by atoms with Crippen molar-refractivity contribution in [3.05, 3.63) is 0 Å². The molecule has 0 amide bonds. The molecule has 0 aromatic carbocycles. The second-order valence-corrected chi connectivity index (χ2v) is 3.41. The van der Waals surface area contributed by atoms with Crippen molar-refractivity contribution in [2.24, 2.45) is 0 Å². The van der Waals surface area contributed by atoms with E-state index in [0.717, 1.165) is 0 Å². The van der Waals surface area contributed by atoms with Gasteiger partial charge >= 0.3 is 15.1 Å². The molecule has 8 heteroatoms. The van der Waals surface area contributed by atoms with Crippen LogP contribution in [0.15, 0.2) is 0 Å². The molecule has 0 radical (unpaired) electrons. The van der Waals surface area contributed by atoms with E-state index in [0.29, 0.717) is 0 Å². The van der Waals surface area contributed by atoms with Gasteiger partial charge < -0.3 is 14.9 Å². The topological polar surface area (TPSA) is 96.2 Å². The first-order chi connectivity index (χ1) is 4.83. The number of hydrogen-bond acceptors (Lipinski definition) is 5. The highest BCUT2D eigenvalue weighted by Crippen LogP contribution is 2.44. The van der Waals surface area contributed by atoms with Gasteiger partial charge in [-0.25, -0.2) is 4.57 Å². The highest BCUT2D eigenvalue weighted by molar-refractivity contribution is 7.48. The summed E-state index contributed by atoms with van der Waals surface area (Å²) < 4.78 is 18.7. The van der Waals surface area contributed by atoms with Crippen LogP contribution in [-0.2, 0) is 13.5 Å². The molecule has 0 fully saturated rings. The maximum absolute atomic E-state index is 10.6. The molecule has 0 aromatic heterocycles. The van der Waals surface area contributed by atoms with Crippen LogP contribution in [0.3, 0.4) is 0 Å². The van der Waals surface area contributed by atoms with Gasteiger partial charge in [0.15, 0.2) is 0 Å². The first-order valence-corrected chi connectivity index (χ1v) is 4.39. The minimum atomic E-state index is -4.30. The molecule has 0 aliphatic carbocycles. The van der Waals surface area contributed by atoms with E-state index in [1.165, 1.54) is 13.8 Å². The second-order valence-electron chi connectivity index (χ2n) is 2.05. The summed E-state index contributed by atoms with van der Waals surface area (Å²) in [6, 6.07) is 0. The molecule has 0 aromatic rings. The largest absolute Gasteiger partial charge is 0.642 e. The predicted octanol–water partition coefficient (Wildman–Crippen LogP) is -0.502. The summed E-state index contributed by atoms with van der Waals surface area (Å²) in [6.07, 6.45) is -0.524. The van der Waals surface area contributed by atoms with Crippen molar-refractivity contribution in [3.63, 3.8) is 0 Å². The van der Waals surface area contributed by atoms with Gasteiger partial charge in [0.1, 0.15) is 0 Å². The van der Waals surface area contributed by atoms with Crippen LogP contribution >= 0.6 is 7.82 Å². The van der Waals surface area contributed by atoms with Crippen LogP contribution in [0.2, 0.25) is 0 Å². The van der Waals surface area contributed by atoms with Crippen LogP contribution in [0.5, 0.6) is 0 Å². The van der Waals surface area contributed by atoms with E-state index >= 15 is 0 Å². The van der Waals surface area contributed by atoms with E-state index in [1.807, 2.05) is 0 Å². The zero-order chi connectivity index (χ0) is 9.07. The van der Waals surface area contributed by atoms with Gasteiger partial charge in [-0.05, 0) is 13.8 Å². The molecule has 0 aliphatic rings. The van der Waals surface area contributed by atoms with Crippen LogP contribution in [0, 0.1) is 0 Å². The Bertz CT molecular complexity index is 144. The van der Waals surface area contributed by atoms with Gasteiger partial charge in [-0.1, -0.05) is 0 Å². The summed E-state index contributed by atoms with van der Waals surface area (Å²) in [7, 11) is -6.61. The van der Waals surface area contributed by atoms with Crippen molar-refractivity contribution in [2.75, 3.05) is 0 Å². The molecule has 0 heterocycles. The highest BCUT2D eigenvalue weighted by Gasteiger charge is 2.29. The van der Waals surface area contributed by atoms with Crippen molar-refractivity contribution in [2.45, 2.75) is 20.0 Å². The minimum absolute atomic E-state index is 0.524. The molecule has 6 nitrogen and oxygen atoms in total. The number of phosphoric acid groups is 1. The Labute approximate surface area is 64.6 Å². The van der Waals surface area contributed by atoms with Crippen molar-refractivity contribution in [1.29, 1.82) is 0 Å². The van der Waals surface area contributed by atoms with Crippen molar-refractivity contribution < 1.29 is 28.5 Å². The molecule has 0 aliphatic heterocycles. The Balaban J connectivity index is 3.91. The fraction of sp³-hybridized carbons (Fsp3) is 1.00. The normalized spacial score (nSPS) is 16.5. The Morgan fingerprint density at radius 2 is 1.91 bits per heavy atom. The van der Waals surface area contributed by atoms with Crippen LogP contribution in [0.25, 0.3) is 0 Å². The van der Waals surface area contributed by atoms with Crippen LogP contribution < -0.4 is 0 Å². The fourth-order valence-corrected chi connectivity index (χ4v) is 1.23. The summed E-state index contributed by atoms with van der Waals surface area (Å²) in [4.78, 5) is 8.65. The molecular formula is C3H10BO6P. The molecule has 0 saturated heterocycles. The third kappa shape index (κ3) is 6.49. The lowest BCUT2D eigenvalue weighted by Crippen LogP contribution is -2.17. The molecule has 0 bridgehead atoms. The van der Waals surface area contributed by atoms with Gasteiger partial charge in [-0.2, -0.15) is 0 Å². The Morgan fingerprint density at radius 3 is 2.18 bits per heavy atom. The number of rotatable bonds is 4.